The Morgan fingerprint density at radius 1 is 1.04 bits per heavy atom. The molecule has 2 aromatic rings. The summed E-state index contributed by atoms with van der Waals surface area (Å²) in [5.74, 6) is -0.675. The van der Waals surface area contributed by atoms with Gasteiger partial charge in [0.1, 0.15) is 4.88 Å². The number of esters is 1. The van der Waals surface area contributed by atoms with Gasteiger partial charge in [0.2, 0.25) is 10.0 Å². The summed E-state index contributed by atoms with van der Waals surface area (Å²) in [5, 5.41) is 0. The van der Waals surface area contributed by atoms with Crippen LogP contribution in [0.5, 0.6) is 0 Å². The Balaban J connectivity index is 1.68. The fraction of sp³-hybridized carbons (Fsp3) is 0.412. The number of carbonyl (C=O) groups is 2. The zero-order valence-electron chi connectivity index (χ0n) is 15.2. The molecule has 1 amide bonds. The van der Waals surface area contributed by atoms with Crippen LogP contribution >= 0.6 is 22.7 Å². The molecule has 7 nitrogen and oxygen atoms in total. The summed E-state index contributed by atoms with van der Waals surface area (Å²) < 4.78 is 31.8. The van der Waals surface area contributed by atoms with E-state index in [9.17, 15) is 18.0 Å². The first-order chi connectivity index (χ1) is 12.7. The fourth-order valence-electron chi connectivity index (χ4n) is 2.95. The van der Waals surface area contributed by atoms with Crippen LogP contribution in [0.15, 0.2) is 23.1 Å². The van der Waals surface area contributed by atoms with E-state index in [4.69, 9.17) is 0 Å². The first-order valence-electron chi connectivity index (χ1n) is 8.28. The van der Waals surface area contributed by atoms with Gasteiger partial charge >= 0.3 is 5.97 Å². The molecule has 0 aromatic carbocycles. The summed E-state index contributed by atoms with van der Waals surface area (Å²) in [7, 11) is -2.26. The van der Waals surface area contributed by atoms with Gasteiger partial charge < -0.3 is 9.64 Å². The lowest BCUT2D eigenvalue weighted by Gasteiger charge is -2.33. The molecule has 146 valence electrons. The van der Waals surface area contributed by atoms with Crippen molar-refractivity contribution in [2.75, 3.05) is 33.3 Å². The van der Waals surface area contributed by atoms with Gasteiger partial charge in [-0.3, -0.25) is 4.79 Å². The second-order valence-corrected chi connectivity index (χ2v) is 10.6. The largest absolute Gasteiger partial charge is 0.465 e. The number of piperazine rings is 1. The van der Waals surface area contributed by atoms with Crippen LogP contribution < -0.4 is 0 Å². The normalized spacial score (nSPS) is 15.7. The van der Waals surface area contributed by atoms with Crippen molar-refractivity contribution < 1.29 is 22.7 Å². The summed E-state index contributed by atoms with van der Waals surface area (Å²) in [6.07, 6.45) is 0. The van der Waals surface area contributed by atoms with Crippen molar-refractivity contribution in [2.24, 2.45) is 0 Å². The smallest absolute Gasteiger partial charge is 0.348 e. The van der Waals surface area contributed by atoms with Crippen molar-refractivity contribution in [3.63, 3.8) is 0 Å². The van der Waals surface area contributed by atoms with E-state index in [0.29, 0.717) is 27.7 Å². The van der Waals surface area contributed by atoms with Gasteiger partial charge in [0.25, 0.3) is 5.91 Å². The van der Waals surface area contributed by atoms with Gasteiger partial charge in [-0.15, -0.1) is 22.7 Å². The van der Waals surface area contributed by atoms with Crippen LogP contribution in [0.4, 0.5) is 0 Å². The molecule has 27 heavy (non-hydrogen) atoms. The van der Waals surface area contributed by atoms with E-state index in [-0.39, 0.29) is 19.0 Å². The highest BCUT2D eigenvalue weighted by Gasteiger charge is 2.32. The maximum Gasteiger partial charge on any atom is 0.348 e. The summed E-state index contributed by atoms with van der Waals surface area (Å²) in [6, 6.07) is 4.86. The third-order valence-electron chi connectivity index (χ3n) is 4.34. The number of nitrogens with zero attached hydrogens (tertiary/aromatic N) is 2. The molecule has 0 atom stereocenters. The van der Waals surface area contributed by atoms with E-state index in [1.54, 1.807) is 30.0 Å². The van der Waals surface area contributed by atoms with Crippen molar-refractivity contribution in [1.29, 1.82) is 0 Å². The van der Waals surface area contributed by atoms with Crippen LogP contribution in [-0.4, -0.2) is 62.8 Å². The Kier molecular flexibility index (Phi) is 5.71. The van der Waals surface area contributed by atoms with Crippen molar-refractivity contribution in [3.05, 3.63) is 37.7 Å². The quantitative estimate of drug-likeness (QED) is 0.698. The second kappa shape index (κ2) is 7.70. The summed E-state index contributed by atoms with van der Waals surface area (Å²) in [5.41, 5.74) is 0. The Morgan fingerprint density at radius 3 is 2.22 bits per heavy atom. The van der Waals surface area contributed by atoms with Crippen LogP contribution in [0.3, 0.4) is 0 Å². The summed E-state index contributed by atoms with van der Waals surface area (Å²) in [4.78, 5) is 28.7. The standard InChI is InChI=1S/C17H20N2O5S3/c1-11-10-15(12(2)25-11)27(22,23)19-8-6-18(7-9-19)16(20)13-4-5-14(26-13)17(21)24-3/h4-5,10H,6-9H2,1-3H3. The molecule has 3 heterocycles. The number of ether oxygens (including phenoxy) is 1. The van der Waals surface area contributed by atoms with E-state index in [1.807, 2.05) is 6.92 Å². The highest BCUT2D eigenvalue weighted by Crippen LogP contribution is 2.28. The molecule has 0 spiro atoms. The lowest BCUT2D eigenvalue weighted by Crippen LogP contribution is -2.50. The van der Waals surface area contributed by atoms with Gasteiger partial charge in [-0.05, 0) is 32.0 Å². The summed E-state index contributed by atoms with van der Waals surface area (Å²) in [6.45, 7) is 4.81. The number of sulfonamides is 1. The molecule has 0 unspecified atom stereocenters. The minimum Gasteiger partial charge on any atom is -0.465 e. The molecule has 1 aliphatic rings. The van der Waals surface area contributed by atoms with Gasteiger partial charge in [-0.25, -0.2) is 13.2 Å². The monoisotopic (exact) mass is 428 g/mol. The lowest BCUT2D eigenvalue weighted by atomic mass is 10.3. The van der Waals surface area contributed by atoms with Gasteiger partial charge in [-0.1, -0.05) is 0 Å². The first-order valence-corrected chi connectivity index (χ1v) is 11.4. The van der Waals surface area contributed by atoms with E-state index in [0.717, 1.165) is 21.1 Å². The molecular formula is C17H20N2O5S3. The van der Waals surface area contributed by atoms with Crippen molar-refractivity contribution >= 4 is 44.6 Å². The number of methoxy groups -OCH3 is 1. The van der Waals surface area contributed by atoms with Gasteiger partial charge in [-0.2, -0.15) is 4.31 Å². The van der Waals surface area contributed by atoms with Crippen molar-refractivity contribution in [2.45, 2.75) is 18.7 Å². The zero-order chi connectivity index (χ0) is 19.8. The number of carbonyl (C=O) groups excluding carboxylic acids is 2. The molecule has 1 fully saturated rings. The molecule has 0 saturated carbocycles. The van der Waals surface area contributed by atoms with E-state index in [1.165, 1.54) is 22.8 Å². The number of aryl methyl sites for hydroxylation is 2. The molecule has 0 aliphatic carbocycles. The molecule has 1 aliphatic heterocycles. The average molecular weight is 429 g/mol. The Hall–Kier alpha value is -1.75. The third-order valence-corrected chi connectivity index (χ3v) is 8.52. The number of amides is 1. The van der Waals surface area contributed by atoms with Gasteiger partial charge in [0, 0.05) is 35.9 Å². The van der Waals surface area contributed by atoms with Crippen molar-refractivity contribution in [3.8, 4) is 0 Å². The fourth-order valence-corrected chi connectivity index (χ4v) is 6.79. The second-order valence-electron chi connectivity index (χ2n) is 6.13. The molecule has 10 heteroatoms. The number of rotatable bonds is 4. The van der Waals surface area contributed by atoms with Crippen LogP contribution in [-0.2, 0) is 14.8 Å². The summed E-state index contributed by atoms with van der Waals surface area (Å²) >= 11 is 2.54. The van der Waals surface area contributed by atoms with Gasteiger partial charge in [0.05, 0.1) is 16.9 Å². The third kappa shape index (κ3) is 3.93. The molecule has 1 saturated heterocycles. The van der Waals surface area contributed by atoms with Crippen LogP contribution in [0.1, 0.15) is 29.1 Å². The molecule has 3 rings (SSSR count). The van der Waals surface area contributed by atoms with E-state index >= 15 is 0 Å². The predicted molar refractivity (Wildman–Crippen MR) is 104 cm³/mol. The van der Waals surface area contributed by atoms with E-state index < -0.39 is 16.0 Å². The number of thiophene rings is 2. The topological polar surface area (TPSA) is 84.0 Å². The highest BCUT2D eigenvalue weighted by molar-refractivity contribution is 7.89. The Labute approximate surface area is 166 Å². The molecule has 0 N–H and O–H groups in total. The Bertz CT molecular complexity index is 969. The van der Waals surface area contributed by atoms with Crippen LogP contribution in [0, 0.1) is 13.8 Å². The maximum absolute atomic E-state index is 12.9. The molecule has 2 aromatic heterocycles. The lowest BCUT2D eigenvalue weighted by molar-refractivity contribution is 0.0606. The molecule has 0 bridgehead atoms. The predicted octanol–water partition coefficient (Wildman–Crippen LogP) is 2.36. The minimum atomic E-state index is -3.55. The maximum atomic E-state index is 12.9. The Morgan fingerprint density at radius 2 is 1.67 bits per heavy atom. The average Bonchev–Trinajstić information content (AvgIpc) is 3.27. The van der Waals surface area contributed by atoms with Crippen LogP contribution in [0.2, 0.25) is 0 Å². The molecular weight excluding hydrogens is 408 g/mol. The SMILES string of the molecule is COC(=O)c1ccc(C(=O)N2CCN(S(=O)(=O)c3cc(C)sc3C)CC2)s1. The van der Waals surface area contributed by atoms with Crippen molar-refractivity contribution in [1.82, 2.24) is 9.21 Å². The number of hydrogen-bond donors (Lipinski definition) is 0. The number of hydrogen-bond acceptors (Lipinski definition) is 7. The zero-order valence-corrected chi connectivity index (χ0v) is 17.7. The molecule has 0 radical (unpaired) electrons. The highest BCUT2D eigenvalue weighted by atomic mass is 32.2. The van der Waals surface area contributed by atoms with Crippen LogP contribution in [0.25, 0.3) is 0 Å². The minimum absolute atomic E-state index is 0.199. The van der Waals surface area contributed by atoms with Gasteiger partial charge in [0.15, 0.2) is 0 Å². The first kappa shape index (κ1) is 20.0. The van der Waals surface area contributed by atoms with E-state index in [2.05, 4.69) is 4.74 Å².